The molecule has 1 aliphatic heterocycles. The zero-order chi connectivity index (χ0) is 16.8. The number of carbonyl (C=O) groups is 3. The highest BCUT2D eigenvalue weighted by Crippen LogP contribution is 2.22. The fraction of sp³-hybridized carbons (Fsp3) is 0.438. The van der Waals surface area contributed by atoms with Gasteiger partial charge in [-0.1, -0.05) is 6.07 Å². The zero-order valence-electron chi connectivity index (χ0n) is 12.7. The number of nitrogens with two attached hydrogens (primary N) is 1. The van der Waals surface area contributed by atoms with Gasteiger partial charge in [0.25, 0.3) is 5.91 Å². The molecule has 23 heavy (non-hydrogen) atoms. The van der Waals surface area contributed by atoms with E-state index in [1.54, 1.807) is 29.2 Å². The molecule has 3 N–H and O–H groups in total. The summed E-state index contributed by atoms with van der Waals surface area (Å²) in [7, 11) is 0. The molecule has 0 saturated carbocycles. The van der Waals surface area contributed by atoms with Crippen LogP contribution in [0.4, 0.5) is 0 Å². The first-order chi connectivity index (χ1) is 11.0. The average Bonchev–Trinajstić information content (AvgIpc) is 2.53. The average molecular weight is 320 g/mol. The smallest absolute Gasteiger partial charge is 0.341 e. The van der Waals surface area contributed by atoms with Crippen LogP contribution in [-0.2, 0) is 9.59 Å². The third-order valence-corrected chi connectivity index (χ3v) is 3.83. The van der Waals surface area contributed by atoms with Gasteiger partial charge in [-0.2, -0.15) is 0 Å². The lowest BCUT2D eigenvalue weighted by Crippen LogP contribution is -2.39. The summed E-state index contributed by atoms with van der Waals surface area (Å²) in [6.07, 6.45) is 1.87. The van der Waals surface area contributed by atoms with Crippen LogP contribution in [-0.4, -0.2) is 47.5 Å². The summed E-state index contributed by atoms with van der Waals surface area (Å²) in [5.74, 6) is -0.914. The fourth-order valence-corrected chi connectivity index (χ4v) is 2.67. The molecule has 0 spiro atoms. The largest absolute Gasteiger partial charge is 0.482 e. The van der Waals surface area contributed by atoms with E-state index in [4.69, 9.17) is 15.6 Å². The Bertz CT molecular complexity index is 594. The minimum Gasteiger partial charge on any atom is -0.482 e. The maximum atomic E-state index is 12.5. The number of benzene rings is 1. The summed E-state index contributed by atoms with van der Waals surface area (Å²) in [6, 6.07) is 6.48. The van der Waals surface area contributed by atoms with E-state index in [9.17, 15) is 14.4 Å². The first-order valence-electron chi connectivity index (χ1n) is 7.48. The SMILES string of the molecule is NC(=O)CC1CCN(C(=O)c2cccc(OCC(=O)O)c2)CC1. The number of likely N-dealkylation sites (tertiary alicyclic amines) is 1. The maximum absolute atomic E-state index is 12.5. The Labute approximate surface area is 134 Å². The van der Waals surface area contributed by atoms with Gasteiger partial charge < -0.3 is 20.5 Å². The Balaban J connectivity index is 1.94. The van der Waals surface area contributed by atoms with Gasteiger partial charge in [0.1, 0.15) is 5.75 Å². The third-order valence-electron chi connectivity index (χ3n) is 3.83. The Morgan fingerprint density at radius 1 is 1.26 bits per heavy atom. The molecule has 2 amide bonds. The van der Waals surface area contributed by atoms with E-state index < -0.39 is 12.6 Å². The molecule has 0 atom stereocenters. The molecule has 0 radical (unpaired) electrons. The molecule has 1 saturated heterocycles. The summed E-state index contributed by atoms with van der Waals surface area (Å²) < 4.78 is 5.08. The lowest BCUT2D eigenvalue weighted by molar-refractivity contribution is -0.139. The number of carbonyl (C=O) groups excluding carboxylic acids is 2. The van der Waals surface area contributed by atoms with Crippen molar-refractivity contribution in [2.24, 2.45) is 11.7 Å². The fourth-order valence-electron chi connectivity index (χ4n) is 2.67. The number of carboxylic acids is 1. The maximum Gasteiger partial charge on any atom is 0.341 e. The van der Waals surface area contributed by atoms with E-state index in [-0.39, 0.29) is 17.7 Å². The predicted molar refractivity (Wildman–Crippen MR) is 82.0 cm³/mol. The molecule has 7 heteroatoms. The number of hydrogen-bond donors (Lipinski definition) is 2. The van der Waals surface area contributed by atoms with Crippen LogP contribution in [0.1, 0.15) is 29.6 Å². The standard InChI is InChI=1S/C16H20N2O5/c17-14(19)8-11-4-6-18(7-5-11)16(22)12-2-1-3-13(9-12)23-10-15(20)21/h1-3,9,11H,4-8,10H2,(H2,17,19)(H,20,21). The molecule has 124 valence electrons. The van der Waals surface area contributed by atoms with E-state index in [1.165, 1.54) is 0 Å². The highest BCUT2D eigenvalue weighted by molar-refractivity contribution is 5.94. The quantitative estimate of drug-likeness (QED) is 0.808. The van der Waals surface area contributed by atoms with Gasteiger partial charge in [-0.3, -0.25) is 9.59 Å². The summed E-state index contributed by atoms with van der Waals surface area (Å²) in [5.41, 5.74) is 5.66. The summed E-state index contributed by atoms with van der Waals surface area (Å²) in [6.45, 7) is 0.712. The van der Waals surface area contributed by atoms with Gasteiger partial charge >= 0.3 is 5.97 Å². The summed E-state index contributed by atoms with van der Waals surface area (Å²) in [4.78, 5) is 35.7. The van der Waals surface area contributed by atoms with Crippen LogP contribution in [0, 0.1) is 5.92 Å². The van der Waals surface area contributed by atoms with Crippen LogP contribution >= 0.6 is 0 Å². The van der Waals surface area contributed by atoms with Gasteiger partial charge in [-0.15, -0.1) is 0 Å². The molecule has 0 aromatic heterocycles. The lowest BCUT2D eigenvalue weighted by atomic mass is 9.93. The van der Waals surface area contributed by atoms with Crippen molar-refractivity contribution in [2.45, 2.75) is 19.3 Å². The number of primary amides is 1. The van der Waals surface area contributed by atoms with Gasteiger partial charge in [-0.25, -0.2) is 4.79 Å². The summed E-state index contributed by atoms with van der Waals surface area (Å²) >= 11 is 0. The molecule has 1 heterocycles. The van der Waals surface area contributed by atoms with Crippen LogP contribution in [0.2, 0.25) is 0 Å². The van der Waals surface area contributed by atoms with E-state index in [0.29, 0.717) is 30.8 Å². The number of ether oxygens (including phenoxy) is 1. The second kappa shape index (κ2) is 7.62. The van der Waals surface area contributed by atoms with Crippen LogP contribution < -0.4 is 10.5 Å². The van der Waals surface area contributed by atoms with Crippen molar-refractivity contribution in [2.75, 3.05) is 19.7 Å². The van der Waals surface area contributed by atoms with Crippen LogP contribution in [0.25, 0.3) is 0 Å². The molecule has 1 aromatic rings. The Morgan fingerprint density at radius 2 is 1.96 bits per heavy atom. The van der Waals surface area contributed by atoms with Crippen LogP contribution in [0.15, 0.2) is 24.3 Å². The number of hydrogen-bond acceptors (Lipinski definition) is 4. The van der Waals surface area contributed by atoms with Crippen molar-refractivity contribution in [1.29, 1.82) is 0 Å². The van der Waals surface area contributed by atoms with Crippen molar-refractivity contribution in [1.82, 2.24) is 4.90 Å². The number of piperidine rings is 1. The molecule has 0 unspecified atom stereocenters. The van der Waals surface area contributed by atoms with E-state index in [2.05, 4.69) is 0 Å². The van der Waals surface area contributed by atoms with Crippen molar-refractivity contribution in [3.8, 4) is 5.75 Å². The number of aliphatic carboxylic acids is 1. The molecule has 1 aromatic carbocycles. The second-order valence-electron chi connectivity index (χ2n) is 5.62. The molecule has 2 rings (SSSR count). The van der Waals surface area contributed by atoms with Gasteiger partial charge in [-0.05, 0) is 37.0 Å². The van der Waals surface area contributed by atoms with Gasteiger partial charge in [0, 0.05) is 25.1 Å². The zero-order valence-corrected chi connectivity index (χ0v) is 12.7. The van der Waals surface area contributed by atoms with Gasteiger partial charge in [0.05, 0.1) is 0 Å². The second-order valence-corrected chi connectivity index (χ2v) is 5.62. The molecular formula is C16H20N2O5. The first-order valence-corrected chi connectivity index (χ1v) is 7.48. The summed E-state index contributed by atoms with van der Waals surface area (Å²) in [5, 5.41) is 8.61. The number of nitrogens with zero attached hydrogens (tertiary/aromatic N) is 1. The number of carboxylic acid groups (broad SMARTS) is 1. The first kappa shape index (κ1) is 16.8. The topological polar surface area (TPSA) is 110 Å². The molecule has 1 aliphatic rings. The molecular weight excluding hydrogens is 300 g/mol. The van der Waals surface area contributed by atoms with E-state index in [0.717, 1.165) is 12.8 Å². The molecule has 1 fully saturated rings. The third kappa shape index (κ3) is 4.98. The molecule has 7 nitrogen and oxygen atoms in total. The van der Waals surface area contributed by atoms with E-state index >= 15 is 0 Å². The van der Waals surface area contributed by atoms with Crippen molar-refractivity contribution in [3.63, 3.8) is 0 Å². The van der Waals surface area contributed by atoms with Crippen molar-refractivity contribution in [3.05, 3.63) is 29.8 Å². The van der Waals surface area contributed by atoms with Crippen molar-refractivity contribution >= 4 is 17.8 Å². The molecule has 0 bridgehead atoms. The number of amides is 2. The normalized spacial score (nSPS) is 15.2. The van der Waals surface area contributed by atoms with E-state index in [1.807, 2.05) is 0 Å². The lowest BCUT2D eigenvalue weighted by Gasteiger charge is -2.31. The van der Waals surface area contributed by atoms with Crippen LogP contribution in [0.3, 0.4) is 0 Å². The molecule has 0 aliphatic carbocycles. The Morgan fingerprint density at radius 3 is 2.57 bits per heavy atom. The highest BCUT2D eigenvalue weighted by Gasteiger charge is 2.24. The van der Waals surface area contributed by atoms with Gasteiger partial charge in [0.15, 0.2) is 6.61 Å². The predicted octanol–water partition coefficient (Wildman–Crippen LogP) is 0.878. The highest BCUT2D eigenvalue weighted by atomic mass is 16.5. The van der Waals surface area contributed by atoms with Gasteiger partial charge in [0.2, 0.25) is 5.91 Å². The van der Waals surface area contributed by atoms with Crippen molar-refractivity contribution < 1.29 is 24.2 Å². The van der Waals surface area contributed by atoms with Crippen LogP contribution in [0.5, 0.6) is 5.75 Å². The Kier molecular flexibility index (Phi) is 5.56. The minimum atomic E-state index is -1.07. The minimum absolute atomic E-state index is 0.122. The Hall–Kier alpha value is -2.57. The monoisotopic (exact) mass is 320 g/mol. The number of rotatable bonds is 6.